The van der Waals surface area contributed by atoms with Gasteiger partial charge in [-0.05, 0) is 13.8 Å². The molecule has 0 aromatic rings. The van der Waals surface area contributed by atoms with Gasteiger partial charge in [-0.1, -0.05) is 6.92 Å². The highest BCUT2D eigenvalue weighted by Gasteiger charge is 2.36. The summed E-state index contributed by atoms with van der Waals surface area (Å²) in [5.74, 6) is -0.225. The molecule has 2 amide bonds. The number of urea groups is 1. The first-order valence-corrected chi connectivity index (χ1v) is 5.07. The van der Waals surface area contributed by atoms with Gasteiger partial charge in [0.2, 0.25) is 0 Å². The molecule has 0 saturated heterocycles. The molecule has 0 aromatic carbocycles. The van der Waals surface area contributed by atoms with Crippen LogP contribution in [0.3, 0.4) is 0 Å². The molecule has 0 bridgehead atoms. The van der Waals surface area contributed by atoms with Gasteiger partial charge in [0.15, 0.2) is 6.23 Å². The topological polar surface area (TPSA) is 90.7 Å². The van der Waals surface area contributed by atoms with Crippen LogP contribution < -0.4 is 11.1 Å². The quantitative estimate of drug-likeness (QED) is 0.687. The van der Waals surface area contributed by atoms with E-state index in [0.29, 0.717) is 17.9 Å². The van der Waals surface area contributed by atoms with Gasteiger partial charge in [-0.25, -0.2) is 9.59 Å². The Balaban J connectivity index is 2.75. The van der Waals surface area contributed by atoms with Crippen LogP contribution in [-0.4, -0.2) is 24.8 Å². The largest absolute Gasteiger partial charge is 0.474 e. The van der Waals surface area contributed by atoms with Gasteiger partial charge >= 0.3 is 12.0 Å². The molecule has 1 aliphatic rings. The molecular weight excluding hydrogens is 212 g/mol. The lowest BCUT2D eigenvalue weighted by atomic mass is 10.0. The second-order valence-corrected chi connectivity index (χ2v) is 3.53. The lowest BCUT2D eigenvalue weighted by molar-refractivity contribution is -0.139. The van der Waals surface area contributed by atoms with Crippen LogP contribution in [0.1, 0.15) is 20.8 Å². The minimum Gasteiger partial charge on any atom is -0.474 e. The van der Waals surface area contributed by atoms with Crippen molar-refractivity contribution < 1.29 is 19.1 Å². The van der Waals surface area contributed by atoms with Crippen molar-refractivity contribution in [3.8, 4) is 0 Å². The fourth-order valence-electron chi connectivity index (χ4n) is 1.66. The number of carbonyl (C=O) groups excluding carboxylic acids is 2. The lowest BCUT2D eigenvalue weighted by Crippen LogP contribution is -2.42. The molecule has 3 N–H and O–H groups in total. The Kier molecular flexibility index (Phi) is 3.76. The fraction of sp³-hybridized carbons (Fsp3) is 0.600. The van der Waals surface area contributed by atoms with Gasteiger partial charge in [0, 0.05) is 5.92 Å². The summed E-state index contributed by atoms with van der Waals surface area (Å²) < 4.78 is 10.2. The van der Waals surface area contributed by atoms with Crippen molar-refractivity contribution >= 4 is 12.0 Å². The van der Waals surface area contributed by atoms with Crippen molar-refractivity contribution in [1.82, 2.24) is 5.32 Å². The summed E-state index contributed by atoms with van der Waals surface area (Å²) in [6.45, 7) is 5.46. The number of hydrogen-bond acceptors (Lipinski definition) is 4. The van der Waals surface area contributed by atoms with Crippen molar-refractivity contribution in [1.29, 1.82) is 0 Å². The minimum atomic E-state index is -0.685. The van der Waals surface area contributed by atoms with Crippen molar-refractivity contribution in [3.05, 3.63) is 11.3 Å². The second kappa shape index (κ2) is 4.87. The van der Waals surface area contributed by atoms with E-state index >= 15 is 0 Å². The Labute approximate surface area is 93.8 Å². The van der Waals surface area contributed by atoms with Gasteiger partial charge in [0.25, 0.3) is 0 Å². The summed E-state index contributed by atoms with van der Waals surface area (Å²) in [4.78, 5) is 22.3. The lowest BCUT2D eigenvalue weighted by Gasteiger charge is -2.16. The van der Waals surface area contributed by atoms with Crippen LogP contribution in [0.25, 0.3) is 0 Å². The maximum Gasteiger partial charge on any atom is 0.337 e. The monoisotopic (exact) mass is 228 g/mol. The summed E-state index contributed by atoms with van der Waals surface area (Å²) >= 11 is 0. The van der Waals surface area contributed by atoms with E-state index in [1.54, 1.807) is 20.8 Å². The number of nitrogens with two attached hydrogens (primary N) is 1. The molecule has 90 valence electrons. The van der Waals surface area contributed by atoms with E-state index < -0.39 is 18.2 Å². The molecule has 6 heteroatoms. The van der Waals surface area contributed by atoms with Crippen LogP contribution >= 0.6 is 0 Å². The van der Waals surface area contributed by atoms with E-state index in [9.17, 15) is 9.59 Å². The average molecular weight is 228 g/mol. The van der Waals surface area contributed by atoms with E-state index in [2.05, 4.69) is 5.32 Å². The molecule has 0 saturated carbocycles. The zero-order valence-electron chi connectivity index (χ0n) is 9.57. The highest BCUT2D eigenvalue weighted by molar-refractivity contribution is 5.90. The molecule has 0 aliphatic carbocycles. The standard InChI is InChI=1S/C10H16N2O4/c1-4-15-9(13)7-5(2)8(12-10(11)14)16-6(7)3/h5,8H,4H2,1-3H3,(H3,11,12,14)/t5-,8-/m1/s1. The van der Waals surface area contributed by atoms with Crippen LogP contribution in [0.2, 0.25) is 0 Å². The number of ether oxygens (including phenoxy) is 2. The Morgan fingerprint density at radius 3 is 2.69 bits per heavy atom. The van der Waals surface area contributed by atoms with Gasteiger partial charge in [-0.2, -0.15) is 0 Å². The minimum absolute atomic E-state index is 0.272. The summed E-state index contributed by atoms with van der Waals surface area (Å²) in [6.07, 6.45) is -0.600. The van der Waals surface area contributed by atoms with Gasteiger partial charge in [-0.15, -0.1) is 0 Å². The highest BCUT2D eigenvalue weighted by Crippen LogP contribution is 2.30. The fourth-order valence-corrected chi connectivity index (χ4v) is 1.66. The van der Waals surface area contributed by atoms with E-state index in [-0.39, 0.29) is 5.92 Å². The summed E-state index contributed by atoms with van der Waals surface area (Å²) in [6, 6.07) is -0.685. The third kappa shape index (κ3) is 2.44. The van der Waals surface area contributed by atoms with Crippen molar-refractivity contribution in [2.24, 2.45) is 11.7 Å². The summed E-state index contributed by atoms with van der Waals surface area (Å²) in [7, 11) is 0. The van der Waals surface area contributed by atoms with E-state index in [1.165, 1.54) is 0 Å². The molecular formula is C10H16N2O4. The van der Waals surface area contributed by atoms with Gasteiger partial charge in [0.05, 0.1) is 12.2 Å². The van der Waals surface area contributed by atoms with E-state index in [1.807, 2.05) is 0 Å². The number of primary amides is 1. The normalized spacial score (nSPS) is 23.9. The molecule has 0 radical (unpaired) electrons. The van der Waals surface area contributed by atoms with Crippen molar-refractivity contribution in [3.63, 3.8) is 0 Å². The Morgan fingerprint density at radius 2 is 2.19 bits per heavy atom. The molecule has 1 aliphatic heterocycles. The number of nitrogens with one attached hydrogen (secondary N) is 1. The molecule has 0 fully saturated rings. The maximum atomic E-state index is 11.6. The molecule has 6 nitrogen and oxygen atoms in total. The first-order chi connectivity index (χ1) is 7.47. The number of carbonyl (C=O) groups is 2. The van der Waals surface area contributed by atoms with E-state index in [0.717, 1.165) is 0 Å². The smallest absolute Gasteiger partial charge is 0.337 e. The second-order valence-electron chi connectivity index (χ2n) is 3.53. The van der Waals surface area contributed by atoms with E-state index in [4.69, 9.17) is 15.2 Å². The first kappa shape index (κ1) is 12.4. The number of amides is 2. The molecule has 16 heavy (non-hydrogen) atoms. The predicted molar refractivity (Wildman–Crippen MR) is 56.1 cm³/mol. The molecule has 1 rings (SSSR count). The zero-order valence-corrected chi connectivity index (χ0v) is 9.57. The maximum absolute atomic E-state index is 11.6. The van der Waals surface area contributed by atoms with Crippen LogP contribution in [0.5, 0.6) is 0 Å². The van der Waals surface area contributed by atoms with Crippen LogP contribution in [0.15, 0.2) is 11.3 Å². The highest BCUT2D eigenvalue weighted by atomic mass is 16.5. The number of hydrogen-bond donors (Lipinski definition) is 2. The van der Waals surface area contributed by atoms with Crippen LogP contribution in [0, 0.1) is 5.92 Å². The molecule has 0 unspecified atom stereocenters. The third-order valence-electron chi connectivity index (χ3n) is 2.37. The van der Waals surface area contributed by atoms with Gasteiger partial charge in [0.1, 0.15) is 5.76 Å². The summed E-state index contributed by atoms with van der Waals surface area (Å²) in [5.41, 5.74) is 5.44. The number of esters is 1. The van der Waals surface area contributed by atoms with Crippen LogP contribution in [-0.2, 0) is 14.3 Å². The molecule has 1 heterocycles. The Morgan fingerprint density at radius 1 is 1.56 bits per heavy atom. The van der Waals surface area contributed by atoms with Gasteiger partial charge in [-0.3, -0.25) is 0 Å². The predicted octanol–water partition coefficient (Wildman–Crippen LogP) is 0.484. The number of rotatable bonds is 3. The first-order valence-electron chi connectivity index (χ1n) is 5.07. The SMILES string of the molecule is CCOC(=O)C1=C(C)O[C@@H](NC(N)=O)[C@@H]1C. The zero-order chi connectivity index (χ0) is 12.3. The van der Waals surface area contributed by atoms with Crippen molar-refractivity contribution in [2.45, 2.75) is 27.0 Å². The average Bonchev–Trinajstić information content (AvgIpc) is 2.41. The Bertz CT molecular complexity index is 338. The van der Waals surface area contributed by atoms with Gasteiger partial charge < -0.3 is 20.5 Å². The van der Waals surface area contributed by atoms with Crippen LogP contribution in [0.4, 0.5) is 4.79 Å². The van der Waals surface area contributed by atoms with Crippen molar-refractivity contribution in [2.75, 3.05) is 6.61 Å². The number of allylic oxidation sites excluding steroid dienone is 1. The third-order valence-corrected chi connectivity index (χ3v) is 2.37. The molecule has 0 aromatic heterocycles. The molecule has 0 spiro atoms. The molecule has 2 atom stereocenters. The Hall–Kier alpha value is -1.72. The summed E-state index contributed by atoms with van der Waals surface area (Å²) in [5, 5.41) is 2.42.